The molecule has 1 amide bonds. The molecular weight excluding hydrogens is 386 g/mol. The summed E-state index contributed by atoms with van der Waals surface area (Å²) in [6, 6.07) is 7.04. The lowest BCUT2D eigenvalue weighted by Crippen LogP contribution is -2.28. The Morgan fingerprint density at radius 2 is 2.07 bits per heavy atom. The molecule has 0 radical (unpaired) electrons. The van der Waals surface area contributed by atoms with Gasteiger partial charge in [-0.1, -0.05) is 17.3 Å². The summed E-state index contributed by atoms with van der Waals surface area (Å²) in [5.74, 6) is 0.419. The second-order valence-electron chi connectivity index (χ2n) is 6.06. The van der Waals surface area contributed by atoms with Crippen LogP contribution in [0.4, 0.5) is 5.69 Å². The quantitative estimate of drug-likeness (QED) is 0.587. The van der Waals surface area contributed by atoms with Crippen LogP contribution in [0.1, 0.15) is 17.9 Å². The number of nitrogens with zero attached hydrogens (tertiary/aromatic N) is 5. The Kier molecular flexibility index (Phi) is 5.51. The van der Waals surface area contributed by atoms with Crippen molar-refractivity contribution >= 4 is 21.6 Å². The lowest BCUT2D eigenvalue weighted by atomic mass is 10.2. The van der Waals surface area contributed by atoms with E-state index >= 15 is 0 Å². The van der Waals surface area contributed by atoms with E-state index in [0.29, 0.717) is 11.5 Å². The van der Waals surface area contributed by atoms with Gasteiger partial charge in [-0.3, -0.25) is 4.79 Å². The first kappa shape index (κ1) is 19.6. The highest BCUT2D eigenvalue weighted by molar-refractivity contribution is 7.89. The summed E-state index contributed by atoms with van der Waals surface area (Å²) in [6.07, 6.45) is -0.0433. The molecule has 0 bridgehead atoms. The van der Waals surface area contributed by atoms with Gasteiger partial charge in [-0.05, 0) is 36.4 Å². The molecule has 0 unspecified atom stereocenters. The van der Waals surface area contributed by atoms with E-state index in [0.717, 1.165) is 5.56 Å². The van der Waals surface area contributed by atoms with Crippen LogP contribution in [-0.2, 0) is 21.9 Å². The van der Waals surface area contributed by atoms with Crippen LogP contribution >= 0.6 is 0 Å². The fraction of sp³-hybridized carbons (Fsp3) is 0.312. The fourth-order valence-corrected chi connectivity index (χ4v) is 4.02. The van der Waals surface area contributed by atoms with Gasteiger partial charge in [-0.2, -0.15) is 0 Å². The topological polar surface area (TPSA) is 145 Å². The van der Waals surface area contributed by atoms with Gasteiger partial charge < -0.3 is 9.84 Å². The second-order valence-corrected chi connectivity index (χ2v) is 7.76. The molecule has 11 nitrogen and oxygen atoms in total. The van der Waals surface area contributed by atoms with Gasteiger partial charge in [0.15, 0.2) is 11.6 Å². The molecule has 12 heteroatoms. The minimum atomic E-state index is -3.80. The van der Waals surface area contributed by atoms with E-state index in [4.69, 9.17) is 4.52 Å². The molecule has 0 aliphatic carbocycles. The molecule has 0 atom stereocenters. The molecule has 0 saturated carbocycles. The van der Waals surface area contributed by atoms with Crippen molar-refractivity contribution in [3.63, 3.8) is 0 Å². The van der Waals surface area contributed by atoms with Crippen LogP contribution in [-0.4, -0.2) is 46.2 Å². The predicted octanol–water partition coefficient (Wildman–Crippen LogP) is 0.789. The lowest BCUT2D eigenvalue weighted by molar-refractivity contribution is -0.116. The third kappa shape index (κ3) is 4.23. The number of anilines is 1. The number of carbonyl (C=O) groups is 1. The van der Waals surface area contributed by atoms with Crippen molar-refractivity contribution in [2.24, 2.45) is 7.05 Å². The van der Waals surface area contributed by atoms with E-state index in [1.165, 1.54) is 18.5 Å². The Bertz CT molecular complexity index is 1080. The number of amides is 1. The number of sulfonamides is 1. The van der Waals surface area contributed by atoms with E-state index in [1.807, 2.05) is 6.07 Å². The zero-order valence-electron chi connectivity index (χ0n) is 15.5. The fourth-order valence-electron chi connectivity index (χ4n) is 2.66. The SMILES string of the molecule is Cc1noc(C)c1S(=O)(=O)NCCC(=O)Nc1cccc(-c2nnnn2C)c1. The van der Waals surface area contributed by atoms with Crippen LogP contribution in [0.3, 0.4) is 0 Å². The molecule has 3 aromatic rings. The Morgan fingerprint density at radius 1 is 1.29 bits per heavy atom. The highest BCUT2D eigenvalue weighted by Crippen LogP contribution is 2.20. The van der Waals surface area contributed by atoms with Gasteiger partial charge in [0.05, 0.1) is 0 Å². The molecule has 3 rings (SSSR count). The first-order valence-corrected chi connectivity index (χ1v) is 9.81. The molecule has 28 heavy (non-hydrogen) atoms. The molecule has 0 spiro atoms. The van der Waals surface area contributed by atoms with Crippen molar-refractivity contribution in [2.45, 2.75) is 25.2 Å². The molecule has 1 aromatic carbocycles. The highest BCUT2D eigenvalue weighted by atomic mass is 32.2. The van der Waals surface area contributed by atoms with Crippen LogP contribution < -0.4 is 10.0 Å². The summed E-state index contributed by atoms with van der Waals surface area (Å²) in [5, 5.41) is 17.6. The van der Waals surface area contributed by atoms with Gasteiger partial charge >= 0.3 is 0 Å². The van der Waals surface area contributed by atoms with Crippen LogP contribution in [0.2, 0.25) is 0 Å². The van der Waals surface area contributed by atoms with Crippen molar-refractivity contribution < 1.29 is 17.7 Å². The lowest BCUT2D eigenvalue weighted by Gasteiger charge is -2.08. The van der Waals surface area contributed by atoms with Gasteiger partial charge in [0.1, 0.15) is 10.6 Å². The molecule has 0 aliphatic heterocycles. The van der Waals surface area contributed by atoms with Gasteiger partial charge in [-0.25, -0.2) is 17.8 Å². The summed E-state index contributed by atoms with van der Waals surface area (Å²) >= 11 is 0. The first-order valence-electron chi connectivity index (χ1n) is 8.33. The number of aryl methyl sites for hydroxylation is 3. The molecule has 0 saturated heterocycles. The average molecular weight is 405 g/mol. The number of hydrogen-bond donors (Lipinski definition) is 2. The molecular formula is C16H19N7O4S. The monoisotopic (exact) mass is 405 g/mol. The number of nitrogens with one attached hydrogen (secondary N) is 2. The number of hydrogen-bond acceptors (Lipinski definition) is 8. The zero-order valence-corrected chi connectivity index (χ0v) is 16.3. The van der Waals surface area contributed by atoms with Crippen molar-refractivity contribution in [1.82, 2.24) is 30.1 Å². The maximum atomic E-state index is 12.3. The summed E-state index contributed by atoms with van der Waals surface area (Å²) in [7, 11) is -2.09. The Balaban J connectivity index is 1.59. The maximum Gasteiger partial charge on any atom is 0.245 e. The number of carbonyl (C=O) groups excluding carboxylic acids is 1. The normalized spacial score (nSPS) is 11.5. The molecule has 0 aliphatic rings. The van der Waals surface area contributed by atoms with Gasteiger partial charge in [0, 0.05) is 31.3 Å². The standard InChI is InChI=1S/C16H19N7O4S/c1-10-15(11(2)27-20-10)28(25,26)17-8-7-14(24)18-13-6-4-5-12(9-13)16-19-21-22-23(16)3/h4-6,9,17H,7-8H2,1-3H3,(H,18,24). The van der Waals surface area contributed by atoms with Gasteiger partial charge in [-0.15, -0.1) is 5.10 Å². The maximum absolute atomic E-state index is 12.3. The van der Waals surface area contributed by atoms with E-state index in [9.17, 15) is 13.2 Å². The summed E-state index contributed by atoms with van der Waals surface area (Å²) in [6.45, 7) is 2.99. The largest absolute Gasteiger partial charge is 0.360 e. The Morgan fingerprint density at radius 3 is 2.71 bits per heavy atom. The van der Waals surface area contributed by atoms with Crippen molar-refractivity contribution in [2.75, 3.05) is 11.9 Å². The third-order valence-corrected chi connectivity index (χ3v) is 5.61. The van der Waals surface area contributed by atoms with Crippen LogP contribution in [0.5, 0.6) is 0 Å². The van der Waals surface area contributed by atoms with Crippen molar-refractivity contribution in [1.29, 1.82) is 0 Å². The van der Waals surface area contributed by atoms with Crippen molar-refractivity contribution in [3.8, 4) is 11.4 Å². The molecule has 2 heterocycles. The average Bonchev–Trinajstić information content (AvgIpc) is 3.20. The summed E-state index contributed by atoms with van der Waals surface area (Å²) < 4.78 is 33.4. The zero-order chi connectivity index (χ0) is 20.3. The minimum absolute atomic E-state index is 0.00195. The van der Waals surface area contributed by atoms with E-state index in [2.05, 4.69) is 30.7 Å². The summed E-state index contributed by atoms with van der Waals surface area (Å²) in [5.41, 5.74) is 1.56. The molecule has 148 valence electrons. The molecule has 2 N–H and O–H groups in total. The van der Waals surface area contributed by atoms with Crippen molar-refractivity contribution in [3.05, 3.63) is 35.7 Å². The second kappa shape index (κ2) is 7.86. The predicted molar refractivity (Wildman–Crippen MR) is 98.6 cm³/mol. The minimum Gasteiger partial charge on any atom is -0.360 e. The van der Waals surface area contributed by atoms with E-state index in [1.54, 1.807) is 25.2 Å². The van der Waals surface area contributed by atoms with E-state index < -0.39 is 10.0 Å². The first-order chi connectivity index (χ1) is 13.3. The number of rotatable bonds is 7. The van der Waals surface area contributed by atoms with E-state index in [-0.39, 0.29) is 35.2 Å². The number of benzene rings is 1. The van der Waals surface area contributed by atoms with Gasteiger partial charge in [0.25, 0.3) is 0 Å². The summed E-state index contributed by atoms with van der Waals surface area (Å²) in [4.78, 5) is 12.2. The third-order valence-electron chi connectivity index (χ3n) is 3.91. The van der Waals surface area contributed by atoms with Crippen LogP contribution in [0, 0.1) is 13.8 Å². The number of aromatic nitrogens is 5. The smallest absolute Gasteiger partial charge is 0.245 e. The highest BCUT2D eigenvalue weighted by Gasteiger charge is 2.23. The molecule has 0 fully saturated rings. The molecule has 2 aromatic heterocycles. The Labute approximate surface area is 161 Å². The Hall–Kier alpha value is -3.12. The van der Waals surface area contributed by atoms with Gasteiger partial charge in [0.2, 0.25) is 15.9 Å². The number of tetrazole rings is 1. The van der Waals surface area contributed by atoms with Crippen LogP contribution in [0.15, 0.2) is 33.7 Å². The van der Waals surface area contributed by atoms with Crippen LogP contribution in [0.25, 0.3) is 11.4 Å².